The van der Waals surface area contributed by atoms with Crippen LogP contribution in [-0.2, 0) is 16.0 Å². The third kappa shape index (κ3) is 3.38. The maximum Gasteiger partial charge on any atom is 0.254 e. The molecule has 0 unspecified atom stereocenters. The van der Waals surface area contributed by atoms with E-state index in [0.29, 0.717) is 31.4 Å². The van der Waals surface area contributed by atoms with Crippen molar-refractivity contribution in [1.29, 1.82) is 0 Å². The molecule has 7 nitrogen and oxygen atoms in total. The molecule has 0 radical (unpaired) electrons. The van der Waals surface area contributed by atoms with Crippen molar-refractivity contribution in [2.45, 2.75) is 25.5 Å². The molecule has 1 saturated heterocycles. The van der Waals surface area contributed by atoms with Crippen molar-refractivity contribution >= 4 is 49.9 Å². The second-order valence-electron chi connectivity index (χ2n) is 7.67. The second kappa shape index (κ2) is 7.68. The average Bonchev–Trinajstić information content (AvgIpc) is 3.13. The number of carbonyl (C=O) groups is 1. The van der Waals surface area contributed by atoms with Crippen LogP contribution in [0.15, 0.2) is 30.6 Å². The van der Waals surface area contributed by atoms with Crippen molar-refractivity contribution < 1.29 is 9.53 Å². The third-order valence-corrected chi connectivity index (χ3v) is 7.06. The molecule has 1 aromatic carbocycles. The number of ether oxygens (including phenoxy) is 1. The number of nitrogen functional groups attached to an aromatic ring is 1. The summed E-state index contributed by atoms with van der Waals surface area (Å²) < 4.78 is 6.90. The Hall–Kier alpha value is -2.42. The number of hydrogen-bond acceptors (Lipinski definition) is 7. The van der Waals surface area contributed by atoms with Crippen LogP contribution in [0.2, 0.25) is 5.02 Å². The molecule has 0 saturated carbocycles. The molecule has 0 bridgehead atoms. The lowest BCUT2D eigenvalue weighted by Gasteiger charge is -2.40. The molecule has 9 heteroatoms. The molecule has 2 aliphatic heterocycles. The van der Waals surface area contributed by atoms with E-state index in [0.717, 1.165) is 32.9 Å². The summed E-state index contributed by atoms with van der Waals surface area (Å²) in [6, 6.07) is 5.90. The molecule has 2 N–H and O–H groups in total. The normalized spacial score (nSPS) is 21.7. The lowest BCUT2D eigenvalue weighted by molar-refractivity contribution is -0.147. The summed E-state index contributed by atoms with van der Waals surface area (Å²) in [5.74, 6) is 0.0248. The van der Waals surface area contributed by atoms with E-state index in [9.17, 15) is 4.79 Å². The summed E-state index contributed by atoms with van der Waals surface area (Å²) in [5, 5.41) is 1.25. The van der Waals surface area contributed by atoms with Gasteiger partial charge in [-0.15, -0.1) is 0 Å². The molecule has 2 atom stereocenters. The Morgan fingerprint density at radius 2 is 2.20 bits per heavy atom. The third-order valence-electron chi connectivity index (χ3n) is 5.91. The smallest absolute Gasteiger partial charge is 0.254 e. The van der Waals surface area contributed by atoms with E-state index in [4.69, 9.17) is 22.1 Å². The van der Waals surface area contributed by atoms with Gasteiger partial charge in [0.1, 0.15) is 5.52 Å². The minimum absolute atomic E-state index is 0.0103. The van der Waals surface area contributed by atoms with E-state index >= 15 is 0 Å². The van der Waals surface area contributed by atoms with Gasteiger partial charge in [-0.25, -0.2) is 4.98 Å². The first kappa shape index (κ1) is 19.5. The number of carbonyl (C=O) groups excluding carboxylic acids is 1. The standard InChI is InChI=1S/C21H22ClN5O2S/c1-12-15-3-2-14(22)8-13(15)4-5-27(12)20(28)18-11-26(6-7-29-18)17-10-24-9-16-19(17)30-21(23)25-16/h2-3,8-10,12,18H,4-7,11H2,1H3,(H2,23,25)/t12-,18+/m0/s1. The highest BCUT2D eigenvalue weighted by Crippen LogP contribution is 2.35. The van der Waals surface area contributed by atoms with Gasteiger partial charge in [-0.05, 0) is 36.6 Å². The highest BCUT2D eigenvalue weighted by molar-refractivity contribution is 7.22. The maximum absolute atomic E-state index is 13.4. The number of fused-ring (bicyclic) bond motifs is 2. The number of thiazole rings is 1. The van der Waals surface area contributed by atoms with E-state index in [1.807, 2.05) is 29.3 Å². The van der Waals surface area contributed by atoms with Gasteiger partial charge < -0.3 is 20.3 Å². The zero-order valence-corrected chi connectivity index (χ0v) is 18.1. The Morgan fingerprint density at radius 3 is 3.07 bits per heavy atom. The van der Waals surface area contributed by atoms with Crippen LogP contribution in [0.4, 0.5) is 10.8 Å². The quantitative estimate of drug-likeness (QED) is 0.654. The second-order valence-corrected chi connectivity index (χ2v) is 9.13. The highest BCUT2D eigenvalue weighted by atomic mass is 35.5. The number of amides is 1. The molecule has 0 spiro atoms. The van der Waals surface area contributed by atoms with Crippen LogP contribution < -0.4 is 10.6 Å². The number of nitrogens with zero attached hydrogens (tertiary/aromatic N) is 4. The Bertz CT molecular complexity index is 1120. The van der Waals surface area contributed by atoms with E-state index in [1.54, 1.807) is 6.20 Å². The van der Waals surface area contributed by atoms with Crippen LogP contribution in [0.25, 0.3) is 10.2 Å². The summed E-state index contributed by atoms with van der Waals surface area (Å²) in [4.78, 5) is 26.1. The number of halogens is 1. The average molecular weight is 444 g/mol. The predicted octanol–water partition coefficient (Wildman–Crippen LogP) is 3.28. The molecule has 1 fully saturated rings. The Balaban J connectivity index is 1.37. The fraction of sp³-hybridized carbons (Fsp3) is 0.381. The summed E-state index contributed by atoms with van der Waals surface area (Å²) in [6.45, 7) is 4.38. The number of nitrogens with two attached hydrogens (primary N) is 1. The van der Waals surface area contributed by atoms with Gasteiger partial charge in [0.2, 0.25) is 0 Å². The van der Waals surface area contributed by atoms with Crippen molar-refractivity contribution in [3.05, 3.63) is 46.7 Å². The zero-order valence-electron chi connectivity index (χ0n) is 16.5. The monoisotopic (exact) mass is 443 g/mol. The summed E-state index contributed by atoms with van der Waals surface area (Å²) >= 11 is 7.58. The number of morpholine rings is 1. The van der Waals surface area contributed by atoms with Gasteiger partial charge in [-0.1, -0.05) is 29.0 Å². The van der Waals surface area contributed by atoms with Crippen molar-refractivity contribution in [3.63, 3.8) is 0 Å². The molecule has 4 heterocycles. The zero-order chi connectivity index (χ0) is 20.8. The van der Waals surface area contributed by atoms with E-state index in [1.165, 1.54) is 16.9 Å². The number of hydrogen-bond donors (Lipinski definition) is 1. The molecular weight excluding hydrogens is 422 g/mol. The molecule has 156 valence electrons. The Kier molecular flexibility index (Phi) is 5.00. The van der Waals surface area contributed by atoms with Gasteiger partial charge in [0, 0.05) is 18.1 Å². The van der Waals surface area contributed by atoms with Gasteiger partial charge in [-0.2, -0.15) is 0 Å². The first-order chi connectivity index (χ1) is 14.5. The fourth-order valence-corrected chi connectivity index (χ4v) is 5.42. The summed E-state index contributed by atoms with van der Waals surface area (Å²) in [5.41, 5.74) is 10.00. The molecule has 30 heavy (non-hydrogen) atoms. The highest BCUT2D eigenvalue weighted by Gasteiger charge is 2.35. The van der Waals surface area contributed by atoms with Crippen LogP contribution in [0.1, 0.15) is 24.1 Å². The molecule has 1 amide bonds. The van der Waals surface area contributed by atoms with E-state index < -0.39 is 6.10 Å². The van der Waals surface area contributed by atoms with Crippen LogP contribution in [-0.4, -0.2) is 53.1 Å². The van der Waals surface area contributed by atoms with Crippen molar-refractivity contribution in [2.24, 2.45) is 0 Å². The Labute approximate surface area is 183 Å². The minimum atomic E-state index is -0.518. The number of pyridine rings is 1. The topological polar surface area (TPSA) is 84.6 Å². The van der Waals surface area contributed by atoms with Gasteiger partial charge in [0.05, 0.1) is 42.0 Å². The number of anilines is 2. The molecule has 2 aliphatic rings. The van der Waals surface area contributed by atoms with Crippen LogP contribution in [0.5, 0.6) is 0 Å². The molecule has 2 aromatic heterocycles. The largest absolute Gasteiger partial charge is 0.375 e. The lowest BCUT2D eigenvalue weighted by Crippen LogP contribution is -2.52. The maximum atomic E-state index is 13.4. The SMILES string of the molecule is C[C@H]1c2ccc(Cl)cc2CCN1C(=O)[C@H]1CN(c2cncc3nc(N)sc23)CCO1. The lowest BCUT2D eigenvalue weighted by atomic mass is 9.93. The number of aromatic nitrogens is 2. The van der Waals surface area contributed by atoms with Crippen LogP contribution in [0.3, 0.4) is 0 Å². The fourth-order valence-electron chi connectivity index (χ4n) is 4.39. The minimum Gasteiger partial charge on any atom is -0.375 e. The van der Waals surface area contributed by atoms with Gasteiger partial charge in [0.25, 0.3) is 5.91 Å². The number of benzene rings is 1. The van der Waals surface area contributed by atoms with Crippen LogP contribution >= 0.6 is 22.9 Å². The molecule has 0 aliphatic carbocycles. The van der Waals surface area contributed by atoms with Crippen molar-refractivity contribution in [1.82, 2.24) is 14.9 Å². The first-order valence-corrected chi connectivity index (χ1v) is 11.2. The van der Waals surface area contributed by atoms with Gasteiger partial charge >= 0.3 is 0 Å². The van der Waals surface area contributed by atoms with Crippen molar-refractivity contribution in [2.75, 3.05) is 36.9 Å². The predicted molar refractivity (Wildman–Crippen MR) is 119 cm³/mol. The van der Waals surface area contributed by atoms with E-state index in [-0.39, 0.29) is 11.9 Å². The van der Waals surface area contributed by atoms with Crippen LogP contribution in [0, 0.1) is 0 Å². The first-order valence-electron chi connectivity index (χ1n) is 9.96. The van der Waals surface area contributed by atoms with Gasteiger partial charge in [-0.3, -0.25) is 9.78 Å². The number of rotatable bonds is 2. The summed E-state index contributed by atoms with van der Waals surface area (Å²) in [6.07, 6.45) is 3.81. The van der Waals surface area contributed by atoms with Crippen molar-refractivity contribution in [3.8, 4) is 0 Å². The molecular formula is C21H22ClN5O2S. The molecule has 5 rings (SSSR count). The van der Waals surface area contributed by atoms with E-state index in [2.05, 4.69) is 21.8 Å². The summed E-state index contributed by atoms with van der Waals surface area (Å²) in [7, 11) is 0. The molecule has 3 aromatic rings. The van der Waals surface area contributed by atoms with Gasteiger partial charge in [0.15, 0.2) is 11.2 Å². The Morgan fingerprint density at radius 1 is 1.33 bits per heavy atom.